The molecule has 27 heavy (non-hydrogen) atoms. The Morgan fingerprint density at radius 1 is 1.30 bits per heavy atom. The van der Waals surface area contributed by atoms with Crippen molar-refractivity contribution in [1.82, 2.24) is 4.90 Å². The van der Waals surface area contributed by atoms with E-state index >= 15 is 0 Å². The lowest BCUT2D eigenvalue weighted by molar-refractivity contribution is -0.149. The minimum atomic E-state index is -3.09. The van der Waals surface area contributed by atoms with Gasteiger partial charge in [0.25, 0.3) is 5.91 Å². The molecular weight excluding hydrogens is 374 g/mol. The van der Waals surface area contributed by atoms with Gasteiger partial charge in [0.1, 0.15) is 0 Å². The quantitative estimate of drug-likeness (QED) is 0.523. The van der Waals surface area contributed by atoms with Crippen LogP contribution in [0, 0.1) is 0 Å². The summed E-state index contributed by atoms with van der Waals surface area (Å²) >= 11 is 0. The number of likely N-dealkylation sites (N-methyl/N-ethyl adjacent to an activating group) is 1. The number of hydrogen-bond donors (Lipinski definition) is 0. The Hall–Kier alpha value is -2.55. The van der Waals surface area contributed by atoms with E-state index in [4.69, 9.17) is 14.2 Å². The molecule has 0 radical (unpaired) electrons. The molecule has 2 aliphatic rings. The molecule has 0 spiro atoms. The molecule has 1 atom stereocenters. The van der Waals surface area contributed by atoms with E-state index in [1.54, 1.807) is 31.2 Å². The molecule has 0 aromatic heterocycles. The third-order valence-electron chi connectivity index (χ3n) is 4.46. The van der Waals surface area contributed by atoms with Gasteiger partial charge in [0, 0.05) is 18.7 Å². The smallest absolute Gasteiger partial charge is 0.331 e. The van der Waals surface area contributed by atoms with Crippen LogP contribution in [0.25, 0.3) is 6.08 Å². The third kappa shape index (κ3) is 4.79. The number of sulfone groups is 1. The van der Waals surface area contributed by atoms with Gasteiger partial charge in [0.15, 0.2) is 27.9 Å². The van der Waals surface area contributed by atoms with Crippen LogP contribution in [0.3, 0.4) is 0 Å². The second-order valence-corrected chi connectivity index (χ2v) is 8.52. The molecular formula is C18H21NO7S. The van der Waals surface area contributed by atoms with Crippen molar-refractivity contribution >= 4 is 27.8 Å². The second-order valence-electron chi connectivity index (χ2n) is 6.29. The summed E-state index contributed by atoms with van der Waals surface area (Å²) in [4.78, 5) is 25.6. The number of fused-ring (bicyclic) bond motifs is 1. The maximum atomic E-state index is 12.3. The molecule has 1 amide bonds. The molecule has 0 N–H and O–H groups in total. The lowest BCUT2D eigenvalue weighted by atomic mass is 10.2. The summed E-state index contributed by atoms with van der Waals surface area (Å²) in [7, 11) is -3.09. The number of hydrogen-bond acceptors (Lipinski definition) is 7. The van der Waals surface area contributed by atoms with Crippen molar-refractivity contribution in [3.63, 3.8) is 0 Å². The van der Waals surface area contributed by atoms with Crippen molar-refractivity contribution in [3.8, 4) is 11.5 Å². The van der Waals surface area contributed by atoms with Crippen molar-refractivity contribution in [1.29, 1.82) is 0 Å². The van der Waals surface area contributed by atoms with Crippen LogP contribution in [-0.2, 0) is 24.2 Å². The number of ether oxygens (including phenoxy) is 3. The number of rotatable bonds is 6. The first-order valence-corrected chi connectivity index (χ1v) is 10.4. The Balaban J connectivity index is 1.51. The number of nitrogens with zero attached hydrogens (tertiary/aromatic N) is 1. The molecule has 9 heteroatoms. The van der Waals surface area contributed by atoms with E-state index in [1.807, 2.05) is 0 Å². The van der Waals surface area contributed by atoms with Crippen molar-refractivity contribution in [2.24, 2.45) is 0 Å². The van der Waals surface area contributed by atoms with E-state index in [0.717, 1.165) is 5.56 Å². The van der Waals surface area contributed by atoms with Crippen LogP contribution >= 0.6 is 0 Å². The van der Waals surface area contributed by atoms with Crippen LogP contribution in [0.1, 0.15) is 18.9 Å². The van der Waals surface area contributed by atoms with Crippen molar-refractivity contribution < 1.29 is 32.2 Å². The van der Waals surface area contributed by atoms with Gasteiger partial charge in [-0.1, -0.05) is 6.07 Å². The van der Waals surface area contributed by atoms with Gasteiger partial charge in [-0.25, -0.2) is 13.2 Å². The van der Waals surface area contributed by atoms with E-state index in [9.17, 15) is 18.0 Å². The highest BCUT2D eigenvalue weighted by molar-refractivity contribution is 7.91. The predicted molar refractivity (Wildman–Crippen MR) is 97.0 cm³/mol. The van der Waals surface area contributed by atoms with Gasteiger partial charge in [0.2, 0.25) is 6.79 Å². The fourth-order valence-electron chi connectivity index (χ4n) is 3.10. The second kappa shape index (κ2) is 7.99. The van der Waals surface area contributed by atoms with Gasteiger partial charge in [-0.05, 0) is 37.1 Å². The summed E-state index contributed by atoms with van der Waals surface area (Å²) < 4.78 is 38.6. The fourth-order valence-corrected chi connectivity index (χ4v) is 4.84. The van der Waals surface area contributed by atoms with Gasteiger partial charge in [0.05, 0.1) is 11.5 Å². The van der Waals surface area contributed by atoms with Crippen molar-refractivity contribution in [3.05, 3.63) is 29.8 Å². The standard InChI is InChI=1S/C18H21NO7S/c1-2-19(14-7-8-27(22,23)11-14)17(20)10-24-18(21)6-4-13-3-5-15-16(9-13)26-12-25-15/h3-6,9,14H,2,7-8,10-12H2,1H3/b6-4+. The molecule has 0 saturated carbocycles. The molecule has 0 bridgehead atoms. The van der Waals surface area contributed by atoms with Gasteiger partial charge >= 0.3 is 5.97 Å². The Bertz CT molecular complexity index is 862. The maximum Gasteiger partial charge on any atom is 0.331 e. The van der Waals surface area contributed by atoms with Crippen molar-refractivity contribution in [2.45, 2.75) is 19.4 Å². The number of amides is 1. The zero-order chi connectivity index (χ0) is 19.4. The lowest BCUT2D eigenvalue weighted by Gasteiger charge is -2.26. The molecule has 1 saturated heterocycles. The Kier molecular flexibility index (Phi) is 5.69. The summed E-state index contributed by atoms with van der Waals surface area (Å²) in [5.41, 5.74) is 0.730. The molecule has 3 rings (SSSR count). The minimum absolute atomic E-state index is 0.0372. The molecule has 8 nitrogen and oxygen atoms in total. The average molecular weight is 395 g/mol. The highest BCUT2D eigenvalue weighted by atomic mass is 32.2. The summed E-state index contributed by atoms with van der Waals surface area (Å²) in [5.74, 6) is 0.240. The first-order chi connectivity index (χ1) is 12.9. The SMILES string of the molecule is CCN(C(=O)COC(=O)/C=C/c1ccc2c(c1)OCO2)C1CCS(=O)(=O)C1. The Morgan fingerprint density at radius 2 is 2.07 bits per heavy atom. The molecule has 0 aliphatic carbocycles. The first-order valence-electron chi connectivity index (χ1n) is 8.62. The largest absolute Gasteiger partial charge is 0.454 e. The molecule has 1 unspecified atom stereocenters. The van der Waals surface area contributed by atoms with Crippen LogP contribution in [-0.4, -0.2) is 62.7 Å². The summed E-state index contributed by atoms with van der Waals surface area (Å²) in [6.45, 7) is 1.88. The fraction of sp³-hybridized carbons (Fsp3) is 0.444. The molecule has 1 fully saturated rings. The topological polar surface area (TPSA) is 99.2 Å². The number of carbonyl (C=O) groups excluding carboxylic acids is 2. The normalized spacial score (nSPS) is 20.0. The lowest BCUT2D eigenvalue weighted by Crippen LogP contribution is -2.43. The third-order valence-corrected chi connectivity index (χ3v) is 6.21. The van der Waals surface area contributed by atoms with Gasteiger partial charge in [-0.2, -0.15) is 0 Å². The summed E-state index contributed by atoms with van der Waals surface area (Å²) in [6.07, 6.45) is 3.19. The number of benzene rings is 1. The van der Waals surface area contributed by atoms with E-state index in [0.29, 0.717) is 24.5 Å². The van der Waals surface area contributed by atoms with E-state index in [2.05, 4.69) is 0 Å². The number of esters is 1. The molecule has 2 heterocycles. The van der Waals surface area contributed by atoms with E-state index < -0.39 is 28.3 Å². The average Bonchev–Trinajstić information content (AvgIpc) is 3.24. The number of carbonyl (C=O) groups is 2. The summed E-state index contributed by atoms with van der Waals surface area (Å²) in [5, 5.41) is 0. The Labute approximate surface area is 157 Å². The van der Waals surface area contributed by atoms with Crippen LogP contribution < -0.4 is 9.47 Å². The highest BCUT2D eigenvalue weighted by Gasteiger charge is 2.34. The zero-order valence-electron chi connectivity index (χ0n) is 14.9. The van der Waals surface area contributed by atoms with Gasteiger partial charge in [-0.3, -0.25) is 4.79 Å². The Morgan fingerprint density at radius 3 is 2.78 bits per heavy atom. The molecule has 146 valence electrons. The zero-order valence-corrected chi connectivity index (χ0v) is 15.7. The van der Waals surface area contributed by atoms with E-state index in [-0.39, 0.29) is 24.3 Å². The minimum Gasteiger partial charge on any atom is -0.454 e. The monoisotopic (exact) mass is 395 g/mol. The van der Waals surface area contributed by atoms with Crippen LogP contribution in [0.5, 0.6) is 11.5 Å². The van der Waals surface area contributed by atoms with Crippen molar-refractivity contribution in [2.75, 3.05) is 31.5 Å². The highest BCUT2D eigenvalue weighted by Crippen LogP contribution is 2.32. The first kappa shape index (κ1) is 19.2. The van der Waals surface area contributed by atoms with Crippen LogP contribution in [0.4, 0.5) is 0 Å². The molecule has 1 aromatic rings. The predicted octanol–water partition coefficient (Wildman–Crippen LogP) is 1.01. The maximum absolute atomic E-state index is 12.3. The van der Waals surface area contributed by atoms with Gasteiger partial charge in [-0.15, -0.1) is 0 Å². The molecule has 2 aliphatic heterocycles. The van der Waals surface area contributed by atoms with Crippen LogP contribution in [0.2, 0.25) is 0 Å². The van der Waals surface area contributed by atoms with E-state index in [1.165, 1.54) is 11.0 Å². The molecule has 1 aromatic carbocycles. The van der Waals surface area contributed by atoms with Crippen LogP contribution in [0.15, 0.2) is 24.3 Å². The van der Waals surface area contributed by atoms with Gasteiger partial charge < -0.3 is 19.1 Å². The summed E-state index contributed by atoms with van der Waals surface area (Å²) in [6, 6.07) is 4.89.